The molecule has 0 saturated heterocycles. The van der Waals surface area contributed by atoms with E-state index in [1.54, 1.807) is 0 Å². The first kappa shape index (κ1) is 17.0. The van der Waals surface area contributed by atoms with E-state index in [0.29, 0.717) is 0 Å². The minimum absolute atomic E-state index is 0.278. The van der Waals surface area contributed by atoms with Gasteiger partial charge in [-0.1, -0.05) is 72.8 Å². The largest absolute Gasteiger partial charge is 0.319 e. The van der Waals surface area contributed by atoms with Crippen molar-refractivity contribution in [3.63, 3.8) is 0 Å². The summed E-state index contributed by atoms with van der Waals surface area (Å²) >= 11 is 0. The highest BCUT2D eigenvalue weighted by atomic mass is 31.1. The maximum absolute atomic E-state index is 12.1. The van der Waals surface area contributed by atoms with Crippen molar-refractivity contribution in [1.82, 2.24) is 0 Å². The lowest BCUT2D eigenvalue weighted by molar-refractivity contribution is 0.213. The molecule has 0 spiro atoms. The minimum Gasteiger partial charge on any atom is -0.306 e. The Balaban J connectivity index is 1.34. The van der Waals surface area contributed by atoms with Gasteiger partial charge in [0.2, 0.25) is 0 Å². The van der Waals surface area contributed by atoms with Crippen LogP contribution in [0.3, 0.4) is 0 Å². The standard InChI is InChI=1S/C22H19O3P/c23-26(24-15-17-9-11-19-5-1-3-7-21(19)13-17)25-16-18-10-12-20-6-2-4-8-22(20)14-18/h1-14,26H,15-16H2. The highest BCUT2D eigenvalue weighted by Crippen LogP contribution is 2.28. The molecule has 0 aliphatic heterocycles. The van der Waals surface area contributed by atoms with Crippen molar-refractivity contribution in [3.05, 3.63) is 96.1 Å². The van der Waals surface area contributed by atoms with E-state index >= 15 is 0 Å². The van der Waals surface area contributed by atoms with Gasteiger partial charge in [0.15, 0.2) is 0 Å². The van der Waals surface area contributed by atoms with Crippen LogP contribution in [-0.2, 0) is 26.8 Å². The second-order valence-corrected chi connectivity index (χ2v) is 7.27. The summed E-state index contributed by atoms with van der Waals surface area (Å²) in [5, 5.41) is 4.64. The van der Waals surface area contributed by atoms with Gasteiger partial charge >= 0.3 is 8.25 Å². The van der Waals surface area contributed by atoms with E-state index in [4.69, 9.17) is 9.05 Å². The first-order valence-electron chi connectivity index (χ1n) is 8.53. The van der Waals surface area contributed by atoms with Gasteiger partial charge in [-0.25, -0.2) is 0 Å². The SMILES string of the molecule is O=[PH](OCc1ccc2ccccc2c1)OCc1ccc2ccccc2c1. The molecule has 0 atom stereocenters. The molecule has 0 radical (unpaired) electrons. The molecule has 0 aliphatic rings. The van der Waals surface area contributed by atoms with Gasteiger partial charge in [0, 0.05) is 0 Å². The summed E-state index contributed by atoms with van der Waals surface area (Å²) in [6.45, 7) is 0.556. The molecule has 4 aromatic carbocycles. The van der Waals surface area contributed by atoms with Crippen LogP contribution in [0.25, 0.3) is 21.5 Å². The Labute approximate surface area is 153 Å². The fourth-order valence-electron chi connectivity index (χ4n) is 2.98. The van der Waals surface area contributed by atoms with E-state index < -0.39 is 8.25 Å². The van der Waals surface area contributed by atoms with E-state index in [2.05, 4.69) is 24.3 Å². The summed E-state index contributed by atoms with van der Waals surface area (Å²) in [7, 11) is -2.54. The smallest absolute Gasteiger partial charge is 0.306 e. The van der Waals surface area contributed by atoms with E-state index in [0.717, 1.165) is 21.9 Å². The lowest BCUT2D eigenvalue weighted by atomic mass is 10.1. The zero-order valence-electron chi connectivity index (χ0n) is 14.2. The third-order valence-corrected chi connectivity index (χ3v) is 5.10. The summed E-state index contributed by atoms with van der Waals surface area (Å²) in [6.07, 6.45) is 0. The van der Waals surface area contributed by atoms with Crippen molar-refractivity contribution in [2.45, 2.75) is 13.2 Å². The van der Waals surface area contributed by atoms with Gasteiger partial charge in [-0.3, -0.25) is 4.57 Å². The van der Waals surface area contributed by atoms with Crippen LogP contribution >= 0.6 is 8.25 Å². The molecule has 0 aromatic heterocycles. The lowest BCUT2D eigenvalue weighted by Gasteiger charge is -2.08. The fourth-order valence-corrected chi connectivity index (χ4v) is 3.64. The van der Waals surface area contributed by atoms with E-state index in [1.165, 1.54) is 10.8 Å². The number of fused-ring (bicyclic) bond motifs is 2. The highest BCUT2D eigenvalue weighted by molar-refractivity contribution is 7.33. The van der Waals surface area contributed by atoms with Crippen LogP contribution in [0.2, 0.25) is 0 Å². The van der Waals surface area contributed by atoms with Crippen LogP contribution in [0.4, 0.5) is 0 Å². The van der Waals surface area contributed by atoms with E-state index in [1.807, 2.05) is 60.7 Å². The molecule has 0 bridgehead atoms. The molecule has 0 N–H and O–H groups in total. The van der Waals surface area contributed by atoms with Crippen LogP contribution in [-0.4, -0.2) is 0 Å². The number of hydrogen-bond donors (Lipinski definition) is 0. The Bertz CT molecular complexity index is 990. The van der Waals surface area contributed by atoms with Gasteiger partial charge in [0.05, 0.1) is 13.2 Å². The zero-order valence-corrected chi connectivity index (χ0v) is 15.2. The summed E-state index contributed by atoms with van der Waals surface area (Å²) in [5.41, 5.74) is 1.97. The third-order valence-electron chi connectivity index (χ3n) is 4.34. The topological polar surface area (TPSA) is 35.5 Å². The van der Waals surface area contributed by atoms with Gasteiger partial charge in [-0.15, -0.1) is 0 Å². The lowest BCUT2D eigenvalue weighted by Crippen LogP contribution is -1.90. The Hall–Kier alpha value is -2.45. The molecular weight excluding hydrogens is 343 g/mol. The molecule has 3 nitrogen and oxygen atoms in total. The molecule has 0 heterocycles. The molecule has 130 valence electrons. The first-order chi connectivity index (χ1) is 12.8. The van der Waals surface area contributed by atoms with Gasteiger partial charge < -0.3 is 9.05 Å². The highest BCUT2D eigenvalue weighted by Gasteiger charge is 2.04. The molecule has 4 heteroatoms. The average Bonchev–Trinajstić information content (AvgIpc) is 2.70. The van der Waals surface area contributed by atoms with Crippen molar-refractivity contribution in [2.75, 3.05) is 0 Å². The molecule has 0 saturated carbocycles. The summed E-state index contributed by atoms with van der Waals surface area (Å²) in [5.74, 6) is 0. The van der Waals surface area contributed by atoms with Crippen LogP contribution < -0.4 is 0 Å². The third kappa shape index (κ3) is 4.03. The Morgan fingerprint density at radius 1 is 0.577 bits per heavy atom. The molecular formula is C22H19O3P. The normalized spacial score (nSPS) is 11.4. The second-order valence-electron chi connectivity index (χ2n) is 6.19. The Morgan fingerprint density at radius 2 is 1.00 bits per heavy atom. The van der Waals surface area contributed by atoms with Crippen LogP contribution in [0.1, 0.15) is 11.1 Å². The predicted molar refractivity (Wildman–Crippen MR) is 106 cm³/mol. The van der Waals surface area contributed by atoms with Gasteiger partial charge in [-0.05, 0) is 44.8 Å². The van der Waals surface area contributed by atoms with Crippen molar-refractivity contribution in [1.29, 1.82) is 0 Å². The van der Waals surface area contributed by atoms with Crippen LogP contribution in [0.15, 0.2) is 84.9 Å². The minimum atomic E-state index is -2.54. The average molecular weight is 362 g/mol. The molecule has 4 aromatic rings. The van der Waals surface area contributed by atoms with Crippen molar-refractivity contribution < 1.29 is 13.6 Å². The number of rotatable bonds is 6. The summed E-state index contributed by atoms with van der Waals surface area (Å²) in [6, 6.07) is 28.4. The first-order valence-corrected chi connectivity index (χ1v) is 9.75. The predicted octanol–water partition coefficient (Wildman–Crippen LogP) is 6.12. The molecule has 0 unspecified atom stereocenters. The fraction of sp³-hybridized carbons (Fsp3) is 0.0909. The monoisotopic (exact) mass is 362 g/mol. The van der Waals surface area contributed by atoms with Gasteiger partial charge in [0.1, 0.15) is 0 Å². The molecule has 4 rings (SSSR count). The van der Waals surface area contributed by atoms with Crippen molar-refractivity contribution in [2.24, 2.45) is 0 Å². The zero-order chi connectivity index (χ0) is 17.8. The van der Waals surface area contributed by atoms with Crippen LogP contribution in [0, 0.1) is 0 Å². The number of hydrogen-bond acceptors (Lipinski definition) is 3. The van der Waals surface area contributed by atoms with Crippen LogP contribution in [0.5, 0.6) is 0 Å². The van der Waals surface area contributed by atoms with Gasteiger partial charge in [-0.2, -0.15) is 0 Å². The molecule has 0 fully saturated rings. The quantitative estimate of drug-likeness (QED) is 0.388. The number of benzene rings is 4. The van der Waals surface area contributed by atoms with E-state index in [9.17, 15) is 4.57 Å². The molecule has 26 heavy (non-hydrogen) atoms. The summed E-state index contributed by atoms with van der Waals surface area (Å²) in [4.78, 5) is 0. The Kier molecular flexibility index (Phi) is 5.12. The van der Waals surface area contributed by atoms with Crippen molar-refractivity contribution in [3.8, 4) is 0 Å². The van der Waals surface area contributed by atoms with Gasteiger partial charge in [0.25, 0.3) is 0 Å². The van der Waals surface area contributed by atoms with Crippen molar-refractivity contribution >= 4 is 29.8 Å². The second kappa shape index (κ2) is 7.84. The maximum atomic E-state index is 12.1. The molecule has 0 aliphatic carbocycles. The summed E-state index contributed by atoms with van der Waals surface area (Å²) < 4.78 is 22.9. The maximum Gasteiger partial charge on any atom is 0.319 e. The Morgan fingerprint density at radius 3 is 1.46 bits per heavy atom. The van der Waals surface area contributed by atoms with E-state index in [-0.39, 0.29) is 13.2 Å². The molecule has 0 amide bonds.